The summed E-state index contributed by atoms with van der Waals surface area (Å²) < 4.78 is 18.3. The minimum absolute atomic E-state index is 0.0998. The SMILES string of the molecule is O=C(O)C1CCCN(C(=O)Oc2ccccc2F)C1. The number of amides is 1. The average molecular weight is 267 g/mol. The topological polar surface area (TPSA) is 66.8 Å². The Kier molecular flexibility index (Phi) is 3.99. The van der Waals surface area contributed by atoms with Gasteiger partial charge in [0, 0.05) is 13.1 Å². The van der Waals surface area contributed by atoms with Gasteiger partial charge in [-0.25, -0.2) is 9.18 Å². The smallest absolute Gasteiger partial charge is 0.415 e. The van der Waals surface area contributed by atoms with Gasteiger partial charge in [-0.3, -0.25) is 4.79 Å². The predicted molar refractivity (Wildman–Crippen MR) is 64.4 cm³/mol. The molecule has 1 amide bonds. The van der Waals surface area contributed by atoms with Crippen LogP contribution in [0.2, 0.25) is 0 Å². The van der Waals surface area contributed by atoms with Crippen LogP contribution in [0.25, 0.3) is 0 Å². The van der Waals surface area contributed by atoms with Crippen LogP contribution in [0.4, 0.5) is 9.18 Å². The number of nitrogens with zero attached hydrogens (tertiary/aromatic N) is 1. The first-order valence-electron chi connectivity index (χ1n) is 6.02. The van der Waals surface area contributed by atoms with Crippen LogP contribution in [0.1, 0.15) is 12.8 Å². The molecule has 1 saturated heterocycles. The summed E-state index contributed by atoms with van der Waals surface area (Å²) in [5.74, 6) is -2.28. The molecule has 0 bridgehead atoms. The van der Waals surface area contributed by atoms with Gasteiger partial charge in [0.15, 0.2) is 11.6 Å². The van der Waals surface area contributed by atoms with Crippen LogP contribution in [0.3, 0.4) is 0 Å². The van der Waals surface area contributed by atoms with Gasteiger partial charge in [0.2, 0.25) is 0 Å². The van der Waals surface area contributed by atoms with Gasteiger partial charge in [0.25, 0.3) is 0 Å². The van der Waals surface area contributed by atoms with E-state index in [9.17, 15) is 14.0 Å². The molecular weight excluding hydrogens is 253 g/mol. The molecule has 19 heavy (non-hydrogen) atoms. The van der Waals surface area contributed by atoms with E-state index in [0.29, 0.717) is 19.4 Å². The standard InChI is InChI=1S/C13H14FNO4/c14-10-5-1-2-6-11(10)19-13(18)15-7-3-4-9(8-15)12(16)17/h1-2,5-6,9H,3-4,7-8H2,(H,16,17). The quantitative estimate of drug-likeness (QED) is 0.891. The molecule has 1 unspecified atom stereocenters. The Morgan fingerprint density at radius 2 is 2.11 bits per heavy atom. The zero-order valence-electron chi connectivity index (χ0n) is 10.2. The fraction of sp³-hybridized carbons (Fsp3) is 0.385. The van der Waals surface area contributed by atoms with Crippen molar-refractivity contribution >= 4 is 12.1 Å². The molecule has 0 aromatic heterocycles. The number of ether oxygens (including phenoxy) is 1. The van der Waals surface area contributed by atoms with E-state index in [1.807, 2.05) is 0 Å². The van der Waals surface area contributed by atoms with E-state index in [1.54, 1.807) is 6.07 Å². The molecule has 0 saturated carbocycles. The Labute approximate surface area is 109 Å². The van der Waals surface area contributed by atoms with Crippen molar-refractivity contribution in [1.82, 2.24) is 4.90 Å². The molecule has 5 nitrogen and oxygen atoms in total. The van der Waals surface area contributed by atoms with Crippen molar-refractivity contribution in [3.8, 4) is 5.75 Å². The number of halogens is 1. The van der Waals surface area contributed by atoms with E-state index in [-0.39, 0.29) is 12.3 Å². The molecule has 1 atom stereocenters. The maximum absolute atomic E-state index is 13.3. The van der Waals surface area contributed by atoms with Crippen molar-refractivity contribution in [3.05, 3.63) is 30.1 Å². The molecule has 0 radical (unpaired) electrons. The highest BCUT2D eigenvalue weighted by Crippen LogP contribution is 2.20. The minimum Gasteiger partial charge on any atom is -0.481 e. The lowest BCUT2D eigenvalue weighted by Crippen LogP contribution is -2.43. The van der Waals surface area contributed by atoms with E-state index in [1.165, 1.54) is 23.1 Å². The monoisotopic (exact) mass is 267 g/mol. The first-order valence-corrected chi connectivity index (χ1v) is 6.02. The molecule has 1 aromatic carbocycles. The normalized spacial score (nSPS) is 19.0. The Morgan fingerprint density at radius 3 is 2.79 bits per heavy atom. The predicted octanol–water partition coefficient (Wildman–Crippen LogP) is 2.12. The van der Waals surface area contributed by atoms with Crippen LogP contribution >= 0.6 is 0 Å². The first kappa shape index (κ1) is 13.3. The lowest BCUT2D eigenvalue weighted by atomic mass is 9.99. The van der Waals surface area contributed by atoms with Gasteiger partial charge >= 0.3 is 12.1 Å². The number of rotatable bonds is 2. The number of carboxylic acid groups (broad SMARTS) is 1. The second-order valence-electron chi connectivity index (χ2n) is 4.42. The first-order chi connectivity index (χ1) is 9.08. The highest BCUT2D eigenvalue weighted by molar-refractivity contribution is 5.74. The lowest BCUT2D eigenvalue weighted by Gasteiger charge is -2.29. The molecule has 6 heteroatoms. The highest BCUT2D eigenvalue weighted by atomic mass is 19.1. The van der Waals surface area contributed by atoms with Gasteiger partial charge < -0.3 is 14.7 Å². The fourth-order valence-corrected chi connectivity index (χ4v) is 2.03. The summed E-state index contributed by atoms with van der Waals surface area (Å²) in [5.41, 5.74) is 0. The summed E-state index contributed by atoms with van der Waals surface area (Å²) >= 11 is 0. The summed E-state index contributed by atoms with van der Waals surface area (Å²) in [5, 5.41) is 8.93. The number of benzene rings is 1. The van der Waals surface area contributed by atoms with E-state index >= 15 is 0 Å². The van der Waals surface area contributed by atoms with Crippen molar-refractivity contribution in [1.29, 1.82) is 0 Å². The van der Waals surface area contributed by atoms with Gasteiger partial charge in [-0.05, 0) is 25.0 Å². The Bertz CT molecular complexity index is 491. The Hall–Kier alpha value is -2.11. The number of likely N-dealkylation sites (tertiary alicyclic amines) is 1. The molecule has 0 spiro atoms. The van der Waals surface area contributed by atoms with Crippen molar-refractivity contribution in [2.24, 2.45) is 5.92 Å². The van der Waals surface area contributed by atoms with E-state index in [2.05, 4.69) is 0 Å². The van der Waals surface area contributed by atoms with Crippen molar-refractivity contribution in [3.63, 3.8) is 0 Å². The van der Waals surface area contributed by atoms with Crippen LogP contribution in [0.15, 0.2) is 24.3 Å². The number of carbonyl (C=O) groups excluding carboxylic acids is 1. The molecule has 1 aliphatic rings. The molecular formula is C13H14FNO4. The van der Waals surface area contributed by atoms with Crippen molar-refractivity contribution < 1.29 is 23.8 Å². The van der Waals surface area contributed by atoms with Crippen LogP contribution < -0.4 is 4.74 Å². The zero-order chi connectivity index (χ0) is 13.8. The largest absolute Gasteiger partial charge is 0.481 e. The number of hydrogen-bond acceptors (Lipinski definition) is 3. The van der Waals surface area contributed by atoms with Crippen LogP contribution in [-0.4, -0.2) is 35.2 Å². The third-order valence-electron chi connectivity index (χ3n) is 3.06. The average Bonchev–Trinajstić information content (AvgIpc) is 2.41. The fourth-order valence-electron chi connectivity index (χ4n) is 2.03. The second-order valence-corrected chi connectivity index (χ2v) is 4.42. The third-order valence-corrected chi connectivity index (χ3v) is 3.06. The number of aliphatic carboxylic acids is 1. The van der Waals surface area contributed by atoms with E-state index < -0.39 is 23.8 Å². The molecule has 1 N–H and O–H groups in total. The van der Waals surface area contributed by atoms with Crippen molar-refractivity contribution in [2.75, 3.05) is 13.1 Å². The van der Waals surface area contributed by atoms with Gasteiger partial charge in [0.1, 0.15) is 0 Å². The summed E-state index contributed by atoms with van der Waals surface area (Å²) in [7, 11) is 0. The highest BCUT2D eigenvalue weighted by Gasteiger charge is 2.29. The molecule has 1 aromatic rings. The summed E-state index contributed by atoms with van der Waals surface area (Å²) in [4.78, 5) is 24.0. The number of para-hydroxylation sites is 1. The Morgan fingerprint density at radius 1 is 1.37 bits per heavy atom. The maximum Gasteiger partial charge on any atom is 0.415 e. The zero-order valence-corrected chi connectivity index (χ0v) is 10.2. The molecule has 1 fully saturated rings. The summed E-state index contributed by atoms with van der Waals surface area (Å²) in [6.07, 6.45) is 0.429. The van der Waals surface area contributed by atoms with Crippen LogP contribution in [0.5, 0.6) is 5.75 Å². The molecule has 102 valence electrons. The van der Waals surface area contributed by atoms with Crippen LogP contribution in [-0.2, 0) is 4.79 Å². The molecule has 0 aliphatic carbocycles. The number of piperidine rings is 1. The van der Waals surface area contributed by atoms with Gasteiger partial charge in [-0.1, -0.05) is 12.1 Å². The van der Waals surface area contributed by atoms with Gasteiger partial charge in [0.05, 0.1) is 5.92 Å². The van der Waals surface area contributed by atoms with E-state index in [4.69, 9.17) is 9.84 Å². The lowest BCUT2D eigenvalue weighted by molar-refractivity contribution is -0.143. The summed E-state index contributed by atoms with van der Waals surface area (Å²) in [6, 6.07) is 5.60. The van der Waals surface area contributed by atoms with Crippen molar-refractivity contribution in [2.45, 2.75) is 12.8 Å². The molecule has 1 heterocycles. The Balaban J connectivity index is 2.00. The summed E-state index contributed by atoms with van der Waals surface area (Å²) in [6.45, 7) is 0.527. The van der Waals surface area contributed by atoms with Gasteiger partial charge in [-0.2, -0.15) is 0 Å². The molecule has 2 rings (SSSR count). The maximum atomic E-state index is 13.3. The second kappa shape index (κ2) is 5.69. The van der Waals surface area contributed by atoms with Crippen LogP contribution in [0, 0.1) is 11.7 Å². The van der Waals surface area contributed by atoms with E-state index in [0.717, 1.165) is 0 Å². The number of hydrogen-bond donors (Lipinski definition) is 1. The number of carbonyl (C=O) groups is 2. The third kappa shape index (κ3) is 3.21. The van der Waals surface area contributed by atoms with Gasteiger partial charge in [-0.15, -0.1) is 0 Å². The minimum atomic E-state index is -0.927. The molecule has 1 aliphatic heterocycles. The number of carboxylic acids is 1.